The van der Waals surface area contributed by atoms with Crippen LogP contribution in [0.5, 0.6) is 0 Å². The molecule has 0 saturated carbocycles. The van der Waals surface area contributed by atoms with Crippen LogP contribution in [-0.2, 0) is 9.53 Å². The van der Waals surface area contributed by atoms with E-state index in [2.05, 4.69) is 0 Å². The first kappa shape index (κ1) is 18.6. The summed E-state index contributed by atoms with van der Waals surface area (Å²) in [5, 5.41) is 30.5. The molecular formula is C17H26O5. The second kappa shape index (κ2) is 7.22. The van der Waals surface area contributed by atoms with Crippen LogP contribution in [-0.4, -0.2) is 44.7 Å². The first-order chi connectivity index (χ1) is 10.0. The van der Waals surface area contributed by atoms with Crippen LogP contribution in [0.25, 0.3) is 0 Å². The summed E-state index contributed by atoms with van der Waals surface area (Å²) in [6.07, 6.45) is 6.55. The lowest BCUT2D eigenvalue weighted by molar-refractivity contribution is -0.156. The topological polar surface area (TPSA) is 87.0 Å². The summed E-state index contributed by atoms with van der Waals surface area (Å²) in [6.45, 7) is 6.51. The lowest BCUT2D eigenvalue weighted by Crippen LogP contribution is -2.40. The van der Waals surface area contributed by atoms with E-state index in [1.807, 2.05) is 6.08 Å². The number of carbonyl (C=O) groups excluding carboxylic acids is 1. The average Bonchev–Trinajstić information content (AvgIpc) is 2.41. The average molecular weight is 310 g/mol. The number of cyclic esters (lactones) is 1. The zero-order valence-electron chi connectivity index (χ0n) is 13.6. The van der Waals surface area contributed by atoms with Gasteiger partial charge in [-0.1, -0.05) is 18.2 Å². The molecular weight excluding hydrogens is 284 g/mol. The van der Waals surface area contributed by atoms with Gasteiger partial charge in [-0.25, -0.2) is 4.79 Å². The Morgan fingerprint density at radius 3 is 2.55 bits per heavy atom. The molecule has 0 aromatic heterocycles. The molecule has 0 saturated heterocycles. The Kier molecular flexibility index (Phi) is 6.11. The predicted molar refractivity (Wildman–Crippen MR) is 84.1 cm³/mol. The Morgan fingerprint density at radius 1 is 1.27 bits per heavy atom. The Labute approximate surface area is 131 Å². The van der Waals surface area contributed by atoms with Gasteiger partial charge in [-0.3, -0.25) is 0 Å². The monoisotopic (exact) mass is 310 g/mol. The van der Waals surface area contributed by atoms with Crippen LogP contribution < -0.4 is 0 Å². The molecule has 1 heterocycles. The first-order valence-corrected chi connectivity index (χ1v) is 7.42. The molecule has 0 amide bonds. The third-order valence-corrected chi connectivity index (χ3v) is 3.92. The van der Waals surface area contributed by atoms with Crippen molar-refractivity contribution in [2.75, 3.05) is 0 Å². The molecule has 3 N–H and O–H groups in total. The van der Waals surface area contributed by atoms with Crippen LogP contribution in [0.2, 0.25) is 0 Å². The van der Waals surface area contributed by atoms with E-state index in [1.165, 1.54) is 25.2 Å². The summed E-state index contributed by atoms with van der Waals surface area (Å²) in [5.41, 5.74) is -1.82. The first-order valence-electron chi connectivity index (χ1n) is 7.42. The standard InChI is InChI=1S/C17H26O5/c1-12-6-5-9-17(4,21)13(2)22-15(19)8-11-16(3,20)10-7-14(12)18/h6-8,10-11,13-14,18,20-21H,5,9H2,1-4H3/t13-,14+,16-,17+/m1/s1. The number of esters is 1. The normalized spacial score (nSPS) is 38.1. The molecule has 0 unspecified atom stereocenters. The molecule has 0 aliphatic carbocycles. The van der Waals surface area contributed by atoms with Gasteiger partial charge in [0.05, 0.1) is 17.3 Å². The van der Waals surface area contributed by atoms with Gasteiger partial charge in [-0.2, -0.15) is 0 Å². The minimum absolute atomic E-state index is 0.399. The van der Waals surface area contributed by atoms with Crippen molar-refractivity contribution < 1.29 is 24.9 Å². The number of rotatable bonds is 0. The Bertz CT molecular complexity index is 485. The fourth-order valence-electron chi connectivity index (χ4n) is 1.99. The number of carbonyl (C=O) groups is 1. The quantitative estimate of drug-likeness (QED) is 0.468. The third kappa shape index (κ3) is 5.75. The molecule has 0 bridgehead atoms. The highest BCUT2D eigenvalue weighted by molar-refractivity contribution is 5.82. The molecule has 5 nitrogen and oxygen atoms in total. The maximum Gasteiger partial charge on any atom is 0.330 e. The number of hydrogen-bond acceptors (Lipinski definition) is 5. The molecule has 0 aromatic rings. The van der Waals surface area contributed by atoms with E-state index in [1.54, 1.807) is 20.8 Å². The van der Waals surface area contributed by atoms with Crippen molar-refractivity contribution in [2.24, 2.45) is 0 Å². The highest BCUT2D eigenvalue weighted by Crippen LogP contribution is 2.22. The van der Waals surface area contributed by atoms with E-state index in [-0.39, 0.29) is 0 Å². The fraction of sp³-hybridized carbons (Fsp3) is 0.588. The number of aliphatic hydroxyl groups excluding tert-OH is 1. The van der Waals surface area contributed by atoms with Crippen LogP contribution >= 0.6 is 0 Å². The fourth-order valence-corrected chi connectivity index (χ4v) is 1.99. The second-order valence-corrected chi connectivity index (χ2v) is 6.29. The van der Waals surface area contributed by atoms with Crippen molar-refractivity contribution in [1.82, 2.24) is 0 Å². The molecule has 0 aromatic carbocycles. The van der Waals surface area contributed by atoms with Gasteiger partial charge in [0, 0.05) is 6.08 Å². The Morgan fingerprint density at radius 2 is 1.91 bits per heavy atom. The summed E-state index contributed by atoms with van der Waals surface area (Å²) < 4.78 is 5.17. The van der Waals surface area contributed by atoms with Gasteiger partial charge in [0.1, 0.15) is 6.10 Å². The summed E-state index contributed by atoms with van der Waals surface area (Å²) in [4.78, 5) is 11.7. The van der Waals surface area contributed by atoms with Crippen molar-refractivity contribution >= 4 is 5.97 Å². The Hall–Kier alpha value is -1.43. The second-order valence-electron chi connectivity index (χ2n) is 6.29. The summed E-state index contributed by atoms with van der Waals surface area (Å²) >= 11 is 0. The highest BCUT2D eigenvalue weighted by Gasteiger charge is 2.30. The smallest absolute Gasteiger partial charge is 0.330 e. The van der Waals surface area contributed by atoms with Crippen molar-refractivity contribution in [3.8, 4) is 0 Å². The predicted octanol–water partition coefficient (Wildman–Crippen LogP) is 1.63. The summed E-state index contributed by atoms with van der Waals surface area (Å²) in [6, 6.07) is 0. The summed E-state index contributed by atoms with van der Waals surface area (Å²) in [5.74, 6) is -0.634. The van der Waals surface area contributed by atoms with Gasteiger partial charge in [-0.05, 0) is 52.2 Å². The molecule has 0 spiro atoms. The zero-order chi connectivity index (χ0) is 17.0. The molecule has 1 rings (SSSR count). The van der Waals surface area contributed by atoms with Gasteiger partial charge >= 0.3 is 5.97 Å². The van der Waals surface area contributed by atoms with Gasteiger partial charge in [0.2, 0.25) is 0 Å². The molecule has 22 heavy (non-hydrogen) atoms. The number of allylic oxidation sites excluding steroid dienone is 1. The van der Waals surface area contributed by atoms with E-state index in [4.69, 9.17) is 4.74 Å². The minimum atomic E-state index is -1.38. The van der Waals surface area contributed by atoms with Crippen LogP contribution in [0.3, 0.4) is 0 Å². The molecule has 1 aliphatic heterocycles. The maximum atomic E-state index is 11.7. The Balaban J connectivity index is 3.08. The van der Waals surface area contributed by atoms with E-state index in [9.17, 15) is 20.1 Å². The van der Waals surface area contributed by atoms with Crippen LogP contribution in [0, 0.1) is 0 Å². The van der Waals surface area contributed by atoms with Crippen LogP contribution in [0.4, 0.5) is 0 Å². The number of ether oxygens (including phenoxy) is 1. The zero-order valence-corrected chi connectivity index (χ0v) is 13.6. The van der Waals surface area contributed by atoms with Crippen molar-refractivity contribution in [3.63, 3.8) is 0 Å². The SMILES string of the molecule is CC1=CCC[C@](C)(O)[C@@H](C)OC(=O)C=C[C@](C)(O)C=C[C@@H]1O. The molecule has 0 fully saturated rings. The van der Waals surface area contributed by atoms with E-state index in [0.29, 0.717) is 12.8 Å². The van der Waals surface area contributed by atoms with Crippen molar-refractivity contribution in [3.05, 3.63) is 36.0 Å². The third-order valence-electron chi connectivity index (χ3n) is 3.92. The van der Waals surface area contributed by atoms with Gasteiger partial charge in [-0.15, -0.1) is 0 Å². The molecule has 1 aliphatic rings. The summed E-state index contributed by atoms with van der Waals surface area (Å²) in [7, 11) is 0. The van der Waals surface area contributed by atoms with Crippen LogP contribution in [0.15, 0.2) is 36.0 Å². The van der Waals surface area contributed by atoms with Crippen LogP contribution in [0.1, 0.15) is 40.5 Å². The lowest BCUT2D eigenvalue weighted by atomic mass is 9.93. The molecule has 5 heteroatoms. The van der Waals surface area contributed by atoms with E-state index >= 15 is 0 Å². The minimum Gasteiger partial charge on any atom is -0.456 e. The van der Waals surface area contributed by atoms with Gasteiger partial charge in [0.15, 0.2) is 0 Å². The van der Waals surface area contributed by atoms with Crippen molar-refractivity contribution in [2.45, 2.75) is 63.9 Å². The lowest BCUT2D eigenvalue weighted by Gasteiger charge is -2.29. The highest BCUT2D eigenvalue weighted by atomic mass is 16.6. The molecule has 0 radical (unpaired) electrons. The van der Waals surface area contributed by atoms with E-state index in [0.717, 1.165) is 11.6 Å². The largest absolute Gasteiger partial charge is 0.456 e. The van der Waals surface area contributed by atoms with Crippen molar-refractivity contribution in [1.29, 1.82) is 0 Å². The van der Waals surface area contributed by atoms with Gasteiger partial charge < -0.3 is 20.1 Å². The molecule has 4 atom stereocenters. The van der Waals surface area contributed by atoms with E-state index < -0.39 is 29.4 Å². The van der Waals surface area contributed by atoms with Gasteiger partial charge in [0.25, 0.3) is 0 Å². The number of aliphatic hydroxyl groups is 3. The number of hydrogen-bond donors (Lipinski definition) is 3. The molecule has 124 valence electrons. The maximum absolute atomic E-state index is 11.7.